The van der Waals surface area contributed by atoms with Crippen molar-refractivity contribution >= 4 is 17.5 Å². The summed E-state index contributed by atoms with van der Waals surface area (Å²) in [7, 11) is 0. The summed E-state index contributed by atoms with van der Waals surface area (Å²) < 4.78 is 0. The van der Waals surface area contributed by atoms with Crippen LogP contribution in [-0.4, -0.2) is 18.4 Å². The number of anilines is 1. The van der Waals surface area contributed by atoms with Crippen molar-refractivity contribution in [2.45, 2.75) is 32.1 Å². The van der Waals surface area contributed by atoms with E-state index >= 15 is 0 Å². The maximum absolute atomic E-state index is 12.0. The highest BCUT2D eigenvalue weighted by Crippen LogP contribution is 2.19. The van der Waals surface area contributed by atoms with Crippen LogP contribution in [0.25, 0.3) is 0 Å². The van der Waals surface area contributed by atoms with E-state index in [1.807, 2.05) is 0 Å². The summed E-state index contributed by atoms with van der Waals surface area (Å²) in [5, 5.41) is 5.58. The molecule has 0 bridgehead atoms. The van der Waals surface area contributed by atoms with Gasteiger partial charge in [0.15, 0.2) is 0 Å². The van der Waals surface area contributed by atoms with Crippen LogP contribution in [-0.2, 0) is 4.79 Å². The minimum absolute atomic E-state index is 0.0852. The molecule has 0 radical (unpaired) electrons. The second kappa shape index (κ2) is 8.17. The standard InChI is InChI=1S/C18H22N2O2/c1-2-17(21)20-16-10-8-15(9-11-16)18(22)19-13-12-14-6-4-3-5-7-14/h2,6,8-11H,1,3-5,7,12-13H2,(H,19,22)(H,20,21). The Morgan fingerprint density at radius 1 is 1.18 bits per heavy atom. The molecule has 0 atom stereocenters. The molecule has 1 aromatic carbocycles. The number of hydrogen-bond acceptors (Lipinski definition) is 2. The molecule has 0 saturated heterocycles. The predicted molar refractivity (Wildman–Crippen MR) is 88.8 cm³/mol. The smallest absolute Gasteiger partial charge is 0.251 e. The van der Waals surface area contributed by atoms with E-state index in [2.05, 4.69) is 23.3 Å². The molecule has 1 aromatic rings. The van der Waals surface area contributed by atoms with Crippen molar-refractivity contribution < 1.29 is 9.59 Å². The second-order valence-electron chi connectivity index (χ2n) is 5.38. The van der Waals surface area contributed by atoms with Gasteiger partial charge in [-0.1, -0.05) is 18.2 Å². The van der Waals surface area contributed by atoms with Crippen molar-refractivity contribution in [2.75, 3.05) is 11.9 Å². The van der Waals surface area contributed by atoms with Gasteiger partial charge in [0, 0.05) is 17.8 Å². The van der Waals surface area contributed by atoms with Crippen LogP contribution < -0.4 is 10.6 Å². The molecule has 4 nitrogen and oxygen atoms in total. The number of amides is 2. The SMILES string of the molecule is C=CC(=O)Nc1ccc(C(=O)NCCC2=CCCCC2)cc1. The van der Waals surface area contributed by atoms with Gasteiger partial charge in [0.1, 0.15) is 0 Å². The van der Waals surface area contributed by atoms with E-state index in [4.69, 9.17) is 0 Å². The fourth-order valence-electron chi connectivity index (χ4n) is 2.47. The number of carbonyl (C=O) groups is 2. The molecule has 2 rings (SSSR count). The predicted octanol–water partition coefficient (Wildman–Crippen LogP) is 3.43. The number of nitrogens with one attached hydrogen (secondary N) is 2. The fourth-order valence-corrected chi connectivity index (χ4v) is 2.47. The number of allylic oxidation sites excluding steroid dienone is 1. The van der Waals surface area contributed by atoms with E-state index in [-0.39, 0.29) is 11.8 Å². The molecule has 2 amide bonds. The maximum Gasteiger partial charge on any atom is 0.251 e. The molecule has 1 aliphatic rings. The second-order valence-corrected chi connectivity index (χ2v) is 5.38. The van der Waals surface area contributed by atoms with Gasteiger partial charge in [-0.2, -0.15) is 0 Å². The highest BCUT2D eigenvalue weighted by Gasteiger charge is 2.07. The average Bonchev–Trinajstić information content (AvgIpc) is 2.56. The van der Waals surface area contributed by atoms with Gasteiger partial charge in [0.05, 0.1) is 0 Å². The van der Waals surface area contributed by atoms with E-state index in [9.17, 15) is 9.59 Å². The van der Waals surface area contributed by atoms with Crippen LogP contribution in [0.4, 0.5) is 5.69 Å². The van der Waals surface area contributed by atoms with Crippen molar-refractivity contribution in [3.8, 4) is 0 Å². The van der Waals surface area contributed by atoms with Crippen molar-refractivity contribution in [3.63, 3.8) is 0 Å². The first-order chi connectivity index (χ1) is 10.7. The number of carbonyl (C=O) groups excluding carboxylic acids is 2. The lowest BCUT2D eigenvalue weighted by Crippen LogP contribution is -2.24. The van der Waals surface area contributed by atoms with Gasteiger partial charge in [-0.15, -0.1) is 0 Å². The highest BCUT2D eigenvalue weighted by molar-refractivity contribution is 5.99. The number of benzene rings is 1. The first-order valence-electron chi connectivity index (χ1n) is 7.68. The summed E-state index contributed by atoms with van der Waals surface area (Å²) in [5.74, 6) is -0.351. The lowest BCUT2D eigenvalue weighted by Gasteiger charge is -2.13. The number of hydrogen-bond donors (Lipinski definition) is 2. The molecular formula is C18H22N2O2. The third-order valence-corrected chi connectivity index (χ3v) is 3.72. The average molecular weight is 298 g/mol. The van der Waals surface area contributed by atoms with Gasteiger partial charge < -0.3 is 10.6 Å². The monoisotopic (exact) mass is 298 g/mol. The molecule has 0 spiro atoms. The van der Waals surface area contributed by atoms with Crippen LogP contribution >= 0.6 is 0 Å². The van der Waals surface area contributed by atoms with Crippen LogP contribution in [0.3, 0.4) is 0 Å². The Bertz CT molecular complexity index is 573. The summed E-state index contributed by atoms with van der Waals surface area (Å²) >= 11 is 0. The number of rotatable bonds is 6. The van der Waals surface area contributed by atoms with Crippen molar-refractivity contribution in [3.05, 3.63) is 54.1 Å². The van der Waals surface area contributed by atoms with Crippen molar-refractivity contribution in [1.29, 1.82) is 0 Å². The Balaban J connectivity index is 1.80. The zero-order valence-corrected chi connectivity index (χ0v) is 12.7. The minimum Gasteiger partial charge on any atom is -0.352 e. The van der Waals surface area contributed by atoms with Crippen molar-refractivity contribution in [1.82, 2.24) is 5.32 Å². The normalized spacial score (nSPS) is 13.9. The molecule has 0 aliphatic heterocycles. The lowest BCUT2D eigenvalue weighted by molar-refractivity contribution is -0.111. The van der Waals surface area contributed by atoms with Gasteiger partial charge in [0.25, 0.3) is 5.91 Å². The Kier molecular flexibility index (Phi) is 5.95. The zero-order valence-electron chi connectivity index (χ0n) is 12.7. The summed E-state index contributed by atoms with van der Waals surface area (Å²) in [6.07, 6.45) is 9.31. The molecule has 0 fully saturated rings. The third kappa shape index (κ3) is 4.88. The molecule has 0 saturated carbocycles. The molecular weight excluding hydrogens is 276 g/mol. The molecule has 22 heavy (non-hydrogen) atoms. The quantitative estimate of drug-likeness (QED) is 0.624. The van der Waals surface area contributed by atoms with Gasteiger partial charge in [-0.05, 0) is 62.4 Å². The van der Waals surface area contributed by atoms with Crippen LogP contribution in [0, 0.1) is 0 Å². The molecule has 4 heteroatoms. The van der Waals surface area contributed by atoms with Crippen LogP contribution in [0.2, 0.25) is 0 Å². The van der Waals surface area contributed by atoms with Gasteiger partial charge in [-0.25, -0.2) is 0 Å². The molecule has 116 valence electrons. The Labute approximate surface area is 131 Å². The topological polar surface area (TPSA) is 58.2 Å². The van der Waals surface area contributed by atoms with Gasteiger partial charge in [-0.3, -0.25) is 9.59 Å². The van der Waals surface area contributed by atoms with E-state index < -0.39 is 0 Å². The molecule has 1 aliphatic carbocycles. The fraction of sp³-hybridized carbons (Fsp3) is 0.333. The van der Waals surface area contributed by atoms with E-state index in [1.165, 1.54) is 30.9 Å². The largest absolute Gasteiger partial charge is 0.352 e. The Morgan fingerprint density at radius 2 is 1.95 bits per heavy atom. The minimum atomic E-state index is -0.266. The van der Waals surface area contributed by atoms with E-state index in [0.29, 0.717) is 17.8 Å². The van der Waals surface area contributed by atoms with Gasteiger partial charge in [0.2, 0.25) is 5.91 Å². The molecule has 2 N–H and O–H groups in total. The van der Waals surface area contributed by atoms with E-state index in [0.717, 1.165) is 12.8 Å². The van der Waals surface area contributed by atoms with Crippen molar-refractivity contribution in [2.24, 2.45) is 0 Å². The lowest BCUT2D eigenvalue weighted by atomic mass is 9.97. The van der Waals surface area contributed by atoms with Crippen LogP contribution in [0.15, 0.2) is 48.6 Å². The first kappa shape index (κ1) is 16.0. The van der Waals surface area contributed by atoms with Crippen LogP contribution in [0.5, 0.6) is 0 Å². The summed E-state index contributed by atoms with van der Waals surface area (Å²) in [6, 6.07) is 6.82. The molecule has 0 heterocycles. The highest BCUT2D eigenvalue weighted by atomic mass is 16.2. The summed E-state index contributed by atoms with van der Waals surface area (Å²) in [6.45, 7) is 4.06. The Hall–Kier alpha value is -2.36. The summed E-state index contributed by atoms with van der Waals surface area (Å²) in [4.78, 5) is 23.2. The first-order valence-corrected chi connectivity index (χ1v) is 7.68. The summed E-state index contributed by atoms with van der Waals surface area (Å²) in [5.41, 5.74) is 2.69. The molecule has 0 aromatic heterocycles. The van der Waals surface area contributed by atoms with Gasteiger partial charge >= 0.3 is 0 Å². The molecule has 0 unspecified atom stereocenters. The zero-order chi connectivity index (χ0) is 15.8. The van der Waals surface area contributed by atoms with Crippen LogP contribution in [0.1, 0.15) is 42.5 Å². The maximum atomic E-state index is 12.0. The van der Waals surface area contributed by atoms with E-state index in [1.54, 1.807) is 24.3 Å². The third-order valence-electron chi connectivity index (χ3n) is 3.72. The Morgan fingerprint density at radius 3 is 2.59 bits per heavy atom.